The van der Waals surface area contributed by atoms with Crippen LogP contribution in [0.15, 0.2) is 23.3 Å². The molecule has 3 aliphatic rings. The van der Waals surface area contributed by atoms with E-state index in [1.54, 1.807) is 0 Å². The number of carbonyl (C=O) groups excluding carboxylic acids is 1. The van der Waals surface area contributed by atoms with E-state index in [-0.39, 0.29) is 11.4 Å². The van der Waals surface area contributed by atoms with Gasteiger partial charge in [0.25, 0.3) is 0 Å². The molecule has 122 valence electrons. The van der Waals surface area contributed by atoms with Gasteiger partial charge in [-0.1, -0.05) is 32.9 Å². The molecule has 3 nitrogen and oxygen atoms in total. The molecule has 4 rings (SSSR count). The van der Waals surface area contributed by atoms with E-state index in [9.17, 15) is 9.90 Å². The van der Waals surface area contributed by atoms with E-state index in [2.05, 4.69) is 32.9 Å². The number of phenolic OH excluding ortho intramolecular Hbond substituents is 1. The summed E-state index contributed by atoms with van der Waals surface area (Å²) in [6, 6.07) is 4.31. The van der Waals surface area contributed by atoms with Gasteiger partial charge in [0.05, 0.1) is 0 Å². The van der Waals surface area contributed by atoms with Crippen LogP contribution < -0.4 is 0 Å². The fourth-order valence-corrected chi connectivity index (χ4v) is 4.98. The number of carbonyl (C=O) groups is 1. The summed E-state index contributed by atoms with van der Waals surface area (Å²) in [4.78, 5) is 11.9. The van der Waals surface area contributed by atoms with Gasteiger partial charge in [-0.25, -0.2) is 4.79 Å². The smallest absolute Gasteiger partial charge is 0.334 e. The average molecular weight is 312 g/mol. The third kappa shape index (κ3) is 1.92. The summed E-state index contributed by atoms with van der Waals surface area (Å²) in [6.07, 6.45) is 3.63. The first kappa shape index (κ1) is 14.8. The molecule has 0 spiro atoms. The third-order valence-electron chi connectivity index (χ3n) is 6.31. The minimum absolute atomic E-state index is 0.00733. The molecule has 0 radical (unpaired) electrons. The molecular formula is C20H24O3. The van der Waals surface area contributed by atoms with Gasteiger partial charge in [-0.2, -0.15) is 0 Å². The van der Waals surface area contributed by atoms with Crippen molar-refractivity contribution < 1.29 is 14.6 Å². The van der Waals surface area contributed by atoms with Crippen molar-refractivity contribution in [2.75, 3.05) is 6.61 Å². The maximum Gasteiger partial charge on any atom is 0.334 e. The van der Waals surface area contributed by atoms with Crippen LogP contribution in [0.3, 0.4) is 0 Å². The van der Waals surface area contributed by atoms with Crippen LogP contribution in [0.25, 0.3) is 0 Å². The Hall–Kier alpha value is -1.77. The summed E-state index contributed by atoms with van der Waals surface area (Å²) in [7, 11) is 0. The van der Waals surface area contributed by atoms with Crippen LogP contribution >= 0.6 is 0 Å². The minimum atomic E-state index is -0.106. The van der Waals surface area contributed by atoms with Gasteiger partial charge in [0, 0.05) is 5.57 Å². The number of phenols is 1. The van der Waals surface area contributed by atoms with Gasteiger partial charge in [-0.15, -0.1) is 0 Å². The summed E-state index contributed by atoms with van der Waals surface area (Å²) < 4.78 is 5.29. The fraction of sp³-hybridized carbons (Fsp3) is 0.550. The van der Waals surface area contributed by atoms with Crippen LogP contribution in [-0.4, -0.2) is 17.7 Å². The molecule has 0 aromatic heterocycles. The zero-order valence-electron chi connectivity index (χ0n) is 14.1. The molecule has 1 unspecified atom stereocenters. The Morgan fingerprint density at radius 3 is 2.83 bits per heavy atom. The highest BCUT2D eigenvalue weighted by atomic mass is 16.5. The summed E-state index contributed by atoms with van der Waals surface area (Å²) in [5.41, 5.74) is 5.61. The first-order valence-corrected chi connectivity index (χ1v) is 8.67. The normalized spacial score (nSPS) is 29.2. The number of aromatic hydroxyl groups is 1. The molecule has 1 aromatic carbocycles. The lowest BCUT2D eigenvalue weighted by Gasteiger charge is -2.46. The molecule has 23 heavy (non-hydrogen) atoms. The van der Waals surface area contributed by atoms with E-state index < -0.39 is 0 Å². The van der Waals surface area contributed by atoms with Crippen molar-refractivity contribution in [1.29, 1.82) is 0 Å². The van der Waals surface area contributed by atoms with Gasteiger partial charge < -0.3 is 9.84 Å². The van der Waals surface area contributed by atoms with Gasteiger partial charge >= 0.3 is 5.97 Å². The summed E-state index contributed by atoms with van der Waals surface area (Å²) in [5, 5.41) is 10.7. The molecule has 1 aromatic rings. The SMILES string of the molecule is CC(C)c1ccc2c(c1O)CCC1C3=C(CC[C@]21C)C(=O)OC3. The topological polar surface area (TPSA) is 46.5 Å². The molecular weight excluding hydrogens is 288 g/mol. The molecule has 1 N–H and O–H groups in total. The second-order valence-electron chi connectivity index (χ2n) is 7.77. The molecule has 2 aliphatic carbocycles. The Morgan fingerprint density at radius 2 is 2.09 bits per heavy atom. The monoisotopic (exact) mass is 312 g/mol. The maximum atomic E-state index is 11.9. The Bertz CT molecular complexity index is 729. The Balaban J connectivity index is 1.84. The van der Waals surface area contributed by atoms with Crippen molar-refractivity contribution >= 4 is 5.97 Å². The lowest BCUT2D eigenvalue weighted by molar-refractivity contribution is -0.136. The highest BCUT2D eigenvalue weighted by Gasteiger charge is 2.49. The van der Waals surface area contributed by atoms with Gasteiger partial charge in [-0.3, -0.25) is 0 Å². The summed E-state index contributed by atoms with van der Waals surface area (Å²) >= 11 is 0. The van der Waals surface area contributed by atoms with Gasteiger partial charge in [0.15, 0.2) is 0 Å². The van der Waals surface area contributed by atoms with Crippen LogP contribution in [-0.2, 0) is 21.4 Å². The van der Waals surface area contributed by atoms with Crippen molar-refractivity contribution in [1.82, 2.24) is 0 Å². The van der Waals surface area contributed by atoms with Crippen LogP contribution in [0, 0.1) is 5.92 Å². The van der Waals surface area contributed by atoms with Gasteiger partial charge in [0.2, 0.25) is 0 Å². The predicted octanol–water partition coefficient (Wildman–Crippen LogP) is 3.98. The number of cyclic esters (lactones) is 1. The second kappa shape index (κ2) is 4.86. The molecule has 1 aliphatic heterocycles. The van der Waals surface area contributed by atoms with Crippen LogP contribution in [0.4, 0.5) is 0 Å². The molecule has 1 heterocycles. The number of ether oxygens (including phenoxy) is 1. The average Bonchev–Trinajstić information content (AvgIpc) is 2.88. The molecule has 3 heteroatoms. The summed E-state index contributed by atoms with van der Waals surface area (Å²) in [5.74, 6) is 1.09. The Kier molecular flexibility index (Phi) is 3.13. The number of esters is 1. The van der Waals surface area contributed by atoms with Crippen LogP contribution in [0.5, 0.6) is 5.75 Å². The van der Waals surface area contributed by atoms with E-state index in [4.69, 9.17) is 4.74 Å². The van der Waals surface area contributed by atoms with Crippen molar-refractivity contribution in [3.05, 3.63) is 40.0 Å². The Labute approximate surface area is 137 Å². The third-order valence-corrected chi connectivity index (χ3v) is 6.31. The number of hydrogen-bond acceptors (Lipinski definition) is 3. The fourth-order valence-electron chi connectivity index (χ4n) is 4.98. The van der Waals surface area contributed by atoms with Gasteiger partial charge in [0.1, 0.15) is 12.4 Å². The predicted molar refractivity (Wildman–Crippen MR) is 88.6 cm³/mol. The first-order valence-electron chi connectivity index (χ1n) is 8.67. The number of fused-ring (bicyclic) bond motifs is 4. The lowest BCUT2D eigenvalue weighted by Crippen LogP contribution is -2.41. The molecule has 0 saturated carbocycles. The van der Waals surface area contributed by atoms with Crippen molar-refractivity contribution in [2.24, 2.45) is 5.92 Å². The van der Waals surface area contributed by atoms with Crippen molar-refractivity contribution in [2.45, 2.75) is 57.8 Å². The quantitative estimate of drug-likeness (QED) is 0.798. The van der Waals surface area contributed by atoms with Crippen molar-refractivity contribution in [3.63, 3.8) is 0 Å². The van der Waals surface area contributed by atoms with E-state index in [1.165, 1.54) is 11.1 Å². The molecule has 0 fully saturated rings. The standard InChI is InChI=1S/C20H24O3/c1-11(2)12-4-6-16-14(18(12)21)5-7-17-15-10-23-19(22)13(15)8-9-20(16,17)3/h4,6,11,17,21H,5,7-10H2,1-3H3/t17?,20-/m1/s1. The Morgan fingerprint density at radius 1 is 1.30 bits per heavy atom. The zero-order valence-corrected chi connectivity index (χ0v) is 14.1. The van der Waals surface area contributed by atoms with Crippen molar-refractivity contribution in [3.8, 4) is 5.75 Å². The highest BCUT2D eigenvalue weighted by Crippen LogP contribution is 2.55. The maximum absolute atomic E-state index is 11.9. The molecule has 0 bridgehead atoms. The molecule has 2 atom stereocenters. The largest absolute Gasteiger partial charge is 0.507 e. The number of benzene rings is 1. The van der Waals surface area contributed by atoms with E-state index in [0.29, 0.717) is 24.2 Å². The van der Waals surface area contributed by atoms with E-state index >= 15 is 0 Å². The lowest BCUT2D eigenvalue weighted by atomic mass is 9.56. The zero-order chi connectivity index (χ0) is 16.4. The molecule has 0 saturated heterocycles. The van der Waals surface area contributed by atoms with E-state index in [0.717, 1.165) is 42.4 Å². The number of hydrogen-bond donors (Lipinski definition) is 1. The molecule has 0 amide bonds. The summed E-state index contributed by atoms with van der Waals surface area (Å²) in [6.45, 7) is 7.01. The number of rotatable bonds is 1. The first-order chi connectivity index (χ1) is 10.9. The highest BCUT2D eigenvalue weighted by molar-refractivity contribution is 5.92. The van der Waals surface area contributed by atoms with Gasteiger partial charge in [-0.05, 0) is 65.2 Å². The van der Waals surface area contributed by atoms with Crippen LogP contribution in [0.2, 0.25) is 0 Å². The van der Waals surface area contributed by atoms with E-state index in [1.807, 2.05) is 0 Å². The van der Waals surface area contributed by atoms with Crippen LogP contribution in [0.1, 0.15) is 62.6 Å². The second-order valence-corrected chi connectivity index (χ2v) is 7.77. The minimum Gasteiger partial charge on any atom is -0.507 e.